The second-order valence-corrected chi connectivity index (χ2v) is 4.07. The van der Waals surface area contributed by atoms with E-state index in [9.17, 15) is 18.0 Å². The Balaban J connectivity index is 2.27. The number of nitrogens with one attached hydrogen (secondary N) is 1. The van der Waals surface area contributed by atoms with Crippen molar-refractivity contribution in [1.82, 2.24) is 0 Å². The third kappa shape index (κ3) is 3.08. The lowest BCUT2D eigenvalue weighted by Gasteiger charge is -2.11. The van der Waals surface area contributed by atoms with Crippen molar-refractivity contribution < 1.29 is 22.4 Å². The average Bonchev–Trinajstić information content (AvgIpc) is 2.84. The molecule has 0 saturated heterocycles. The third-order valence-corrected chi connectivity index (χ3v) is 2.65. The minimum Gasteiger partial charge on any atom is -0.472 e. The average molecular weight is 290 g/mol. The summed E-state index contributed by atoms with van der Waals surface area (Å²) in [6.45, 7) is 0. The molecule has 0 aliphatic rings. The van der Waals surface area contributed by atoms with Gasteiger partial charge in [-0.15, -0.1) is 0 Å². The van der Waals surface area contributed by atoms with E-state index in [0.29, 0.717) is 0 Å². The smallest absolute Gasteiger partial charge is 0.416 e. The van der Waals surface area contributed by atoms with Crippen LogP contribution in [0.4, 0.5) is 18.9 Å². The molecule has 0 aliphatic carbocycles. The van der Waals surface area contributed by atoms with Gasteiger partial charge in [-0.1, -0.05) is 11.6 Å². The number of halogens is 4. The van der Waals surface area contributed by atoms with Crippen LogP contribution in [0.1, 0.15) is 15.9 Å². The van der Waals surface area contributed by atoms with Crippen molar-refractivity contribution >= 4 is 23.2 Å². The van der Waals surface area contributed by atoms with Crippen LogP contribution in [0.15, 0.2) is 41.2 Å². The highest BCUT2D eigenvalue weighted by Gasteiger charge is 2.31. The molecule has 7 heteroatoms. The lowest BCUT2D eigenvalue weighted by atomic mass is 10.2. The molecule has 1 heterocycles. The fourth-order valence-electron chi connectivity index (χ4n) is 1.39. The minimum atomic E-state index is -4.50. The van der Waals surface area contributed by atoms with Crippen LogP contribution in [0, 0.1) is 0 Å². The van der Waals surface area contributed by atoms with Crippen LogP contribution in [0.25, 0.3) is 0 Å². The first kappa shape index (κ1) is 13.5. The van der Waals surface area contributed by atoms with E-state index < -0.39 is 17.6 Å². The quantitative estimate of drug-likeness (QED) is 0.900. The Morgan fingerprint density at radius 3 is 2.58 bits per heavy atom. The van der Waals surface area contributed by atoms with Crippen LogP contribution >= 0.6 is 11.6 Å². The van der Waals surface area contributed by atoms with E-state index in [0.717, 1.165) is 18.2 Å². The fourth-order valence-corrected chi connectivity index (χ4v) is 1.55. The van der Waals surface area contributed by atoms with Crippen molar-refractivity contribution in [2.75, 3.05) is 5.32 Å². The molecule has 19 heavy (non-hydrogen) atoms. The van der Waals surface area contributed by atoms with Crippen LogP contribution in [-0.2, 0) is 6.18 Å². The second-order valence-electron chi connectivity index (χ2n) is 3.66. The van der Waals surface area contributed by atoms with Gasteiger partial charge in [0.2, 0.25) is 0 Å². The van der Waals surface area contributed by atoms with Gasteiger partial charge in [-0.2, -0.15) is 13.2 Å². The van der Waals surface area contributed by atoms with Gasteiger partial charge in [0.25, 0.3) is 5.91 Å². The molecule has 0 fully saturated rings. The van der Waals surface area contributed by atoms with Gasteiger partial charge in [0.05, 0.1) is 28.1 Å². The van der Waals surface area contributed by atoms with E-state index in [1.54, 1.807) is 0 Å². The molecule has 1 N–H and O–H groups in total. The molecule has 0 aliphatic heterocycles. The Kier molecular flexibility index (Phi) is 3.53. The second kappa shape index (κ2) is 4.97. The van der Waals surface area contributed by atoms with Gasteiger partial charge in [-0.3, -0.25) is 4.79 Å². The van der Waals surface area contributed by atoms with Crippen molar-refractivity contribution in [2.24, 2.45) is 0 Å². The maximum Gasteiger partial charge on any atom is 0.416 e. The monoisotopic (exact) mass is 289 g/mol. The lowest BCUT2D eigenvalue weighted by molar-refractivity contribution is -0.137. The van der Waals surface area contributed by atoms with Gasteiger partial charge < -0.3 is 9.73 Å². The summed E-state index contributed by atoms with van der Waals surface area (Å²) >= 11 is 5.75. The number of rotatable bonds is 2. The predicted molar refractivity (Wildman–Crippen MR) is 63.1 cm³/mol. The molecule has 1 aromatic carbocycles. The van der Waals surface area contributed by atoms with E-state index in [4.69, 9.17) is 16.0 Å². The molecule has 2 aromatic rings. The number of benzene rings is 1. The number of amides is 1. The standard InChI is InChI=1S/C12H7ClF3NO2/c13-9-2-1-8(12(14,15)16)5-10(9)17-11(18)7-3-4-19-6-7/h1-6H,(H,17,18). The molecule has 3 nitrogen and oxygen atoms in total. The van der Waals surface area contributed by atoms with Crippen molar-refractivity contribution in [3.63, 3.8) is 0 Å². The molecule has 0 saturated carbocycles. The highest BCUT2D eigenvalue weighted by Crippen LogP contribution is 2.33. The van der Waals surface area contributed by atoms with Crippen molar-refractivity contribution in [3.8, 4) is 0 Å². The van der Waals surface area contributed by atoms with Gasteiger partial charge in [-0.25, -0.2) is 0 Å². The first-order valence-electron chi connectivity index (χ1n) is 5.08. The van der Waals surface area contributed by atoms with Crippen LogP contribution in [0.3, 0.4) is 0 Å². The Bertz CT molecular complexity index is 594. The highest BCUT2D eigenvalue weighted by atomic mass is 35.5. The van der Waals surface area contributed by atoms with E-state index in [2.05, 4.69) is 5.32 Å². The lowest BCUT2D eigenvalue weighted by Crippen LogP contribution is -2.13. The van der Waals surface area contributed by atoms with Crippen LogP contribution in [0.2, 0.25) is 5.02 Å². The maximum atomic E-state index is 12.5. The van der Waals surface area contributed by atoms with Gasteiger partial charge in [0.15, 0.2) is 0 Å². The number of hydrogen-bond donors (Lipinski definition) is 1. The Morgan fingerprint density at radius 1 is 1.26 bits per heavy atom. The molecule has 0 unspecified atom stereocenters. The summed E-state index contributed by atoms with van der Waals surface area (Å²) < 4.78 is 42.3. The Hall–Kier alpha value is -1.95. The van der Waals surface area contributed by atoms with Crippen molar-refractivity contribution in [2.45, 2.75) is 6.18 Å². The van der Waals surface area contributed by atoms with Crippen LogP contribution in [-0.4, -0.2) is 5.91 Å². The van der Waals surface area contributed by atoms with E-state index >= 15 is 0 Å². The molecule has 2 rings (SSSR count). The van der Waals surface area contributed by atoms with Gasteiger partial charge in [0, 0.05) is 0 Å². The van der Waals surface area contributed by atoms with Gasteiger partial charge in [-0.05, 0) is 24.3 Å². The van der Waals surface area contributed by atoms with E-state index in [1.165, 1.54) is 18.6 Å². The molecule has 0 bridgehead atoms. The third-order valence-electron chi connectivity index (χ3n) is 2.33. The van der Waals surface area contributed by atoms with Crippen LogP contribution < -0.4 is 5.32 Å². The minimum absolute atomic E-state index is 0.0184. The van der Waals surface area contributed by atoms with Gasteiger partial charge >= 0.3 is 6.18 Å². The maximum absolute atomic E-state index is 12.5. The molecule has 1 amide bonds. The number of alkyl halides is 3. The first-order chi connectivity index (χ1) is 8.88. The largest absolute Gasteiger partial charge is 0.472 e. The zero-order valence-corrected chi connectivity index (χ0v) is 10.0. The van der Waals surface area contributed by atoms with Gasteiger partial charge in [0.1, 0.15) is 6.26 Å². The number of carbonyl (C=O) groups excluding carboxylic acids is 1. The number of furan rings is 1. The first-order valence-corrected chi connectivity index (χ1v) is 5.46. The summed E-state index contributed by atoms with van der Waals surface area (Å²) in [6.07, 6.45) is -2.04. The fraction of sp³-hybridized carbons (Fsp3) is 0.0833. The summed E-state index contributed by atoms with van der Waals surface area (Å²) in [4.78, 5) is 11.7. The molecule has 0 radical (unpaired) electrons. The zero-order valence-electron chi connectivity index (χ0n) is 9.29. The van der Waals surface area contributed by atoms with E-state index in [-0.39, 0.29) is 16.3 Å². The highest BCUT2D eigenvalue weighted by molar-refractivity contribution is 6.34. The Labute approximate surface area is 111 Å². The van der Waals surface area contributed by atoms with Crippen LogP contribution in [0.5, 0.6) is 0 Å². The number of hydrogen-bond acceptors (Lipinski definition) is 2. The normalized spacial score (nSPS) is 11.4. The summed E-state index contributed by atoms with van der Waals surface area (Å²) in [5.74, 6) is -0.602. The number of anilines is 1. The summed E-state index contributed by atoms with van der Waals surface area (Å²) in [7, 11) is 0. The predicted octanol–water partition coefficient (Wildman–Crippen LogP) is 4.20. The van der Waals surface area contributed by atoms with Crippen molar-refractivity contribution in [3.05, 3.63) is 52.9 Å². The summed E-state index contributed by atoms with van der Waals surface area (Å²) in [6, 6.07) is 4.09. The molecular weight excluding hydrogens is 283 g/mol. The molecule has 0 atom stereocenters. The van der Waals surface area contributed by atoms with E-state index in [1.807, 2.05) is 0 Å². The number of carbonyl (C=O) groups is 1. The SMILES string of the molecule is O=C(Nc1cc(C(F)(F)F)ccc1Cl)c1ccoc1. The molecule has 0 spiro atoms. The molecular formula is C12H7ClF3NO2. The van der Waals surface area contributed by atoms with Crippen molar-refractivity contribution in [1.29, 1.82) is 0 Å². The summed E-state index contributed by atoms with van der Waals surface area (Å²) in [5.41, 5.74) is -0.810. The zero-order chi connectivity index (χ0) is 14.0. The topological polar surface area (TPSA) is 42.2 Å². The molecule has 1 aromatic heterocycles. The Morgan fingerprint density at radius 2 is 2.00 bits per heavy atom. The molecule has 100 valence electrons. The summed E-state index contributed by atoms with van der Waals surface area (Å²) in [5, 5.41) is 2.31.